The standard InChI is InChI=1S/C27H31BrN2O4/c1-5-16-34-22-13-10-20(17-18(22)4)25(31)23-24(19-8-11-21(28)12-9-19)30(27(33)26(23)32)15-14-29(6-2)7-3/h5,8-13,17,24,31H,1,6-7,14-16H2,2-4H3/t24-/m1/s1. The number of aryl methyl sites for hydroxylation is 1. The summed E-state index contributed by atoms with van der Waals surface area (Å²) in [7, 11) is 0. The molecule has 3 rings (SSSR count). The van der Waals surface area contributed by atoms with E-state index in [1.807, 2.05) is 31.2 Å². The first-order valence-electron chi connectivity index (χ1n) is 11.4. The van der Waals surface area contributed by atoms with E-state index in [1.165, 1.54) is 0 Å². The normalized spacial score (nSPS) is 17.4. The van der Waals surface area contributed by atoms with Gasteiger partial charge in [-0.05, 0) is 61.5 Å². The minimum atomic E-state index is -0.672. The molecular formula is C27H31BrN2O4. The van der Waals surface area contributed by atoms with E-state index >= 15 is 0 Å². The van der Waals surface area contributed by atoms with Gasteiger partial charge in [-0.1, -0.05) is 54.6 Å². The number of rotatable bonds is 10. The molecule has 6 nitrogen and oxygen atoms in total. The van der Waals surface area contributed by atoms with E-state index in [4.69, 9.17) is 4.74 Å². The minimum absolute atomic E-state index is 0.103. The Bertz CT molecular complexity index is 1090. The number of aliphatic hydroxyl groups excluding tert-OH is 1. The number of carbonyl (C=O) groups is 2. The number of ketones is 1. The molecule has 1 aliphatic heterocycles. The van der Waals surface area contributed by atoms with Gasteiger partial charge in [-0.15, -0.1) is 0 Å². The van der Waals surface area contributed by atoms with E-state index in [-0.39, 0.29) is 11.3 Å². The second kappa shape index (κ2) is 11.5. The molecule has 2 aromatic carbocycles. The summed E-state index contributed by atoms with van der Waals surface area (Å²) in [5, 5.41) is 11.3. The Kier molecular flexibility index (Phi) is 8.69. The molecule has 0 spiro atoms. The lowest BCUT2D eigenvalue weighted by Crippen LogP contribution is -2.38. The topological polar surface area (TPSA) is 70.1 Å². The van der Waals surface area contributed by atoms with Crippen LogP contribution in [0.2, 0.25) is 0 Å². The predicted molar refractivity (Wildman–Crippen MR) is 138 cm³/mol. The van der Waals surface area contributed by atoms with Gasteiger partial charge >= 0.3 is 0 Å². The summed E-state index contributed by atoms with van der Waals surface area (Å²) in [5.74, 6) is -0.783. The first-order valence-corrected chi connectivity index (χ1v) is 12.2. The first kappa shape index (κ1) is 25.7. The van der Waals surface area contributed by atoms with Gasteiger partial charge in [0.05, 0.1) is 11.6 Å². The maximum Gasteiger partial charge on any atom is 0.295 e. The van der Waals surface area contributed by atoms with Crippen molar-refractivity contribution in [2.24, 2.45) is 0 Å². The maximum atomic E-state index is 13.2. The van der Waals surface area contributed by atoms with E-state index in [0.717, 1.165) is 28.7 Å². The van der Waals surface area contributed by atoms with E-state index in [0.29, 0.717) is 31.0 Å². The number of nitrogens with zero attached hydrogens (tertiary/aromatic N) is 2. The number of halogens is 1. The highest BCUT2D eigenvalue weighted by Crippen LogP contribution is 2.40. The average Bonchev–Trinajstić information content (AvgIpc) is 3.09. The smallest absolute Gasteiger partial charge is 0.295 e. The van der Waals surface area contributed by atoms with Crippen molar-refractivity contribution in [2.45, 2.75) is 26.8 Å². The fraction of sp³-hybridized carbons (Fsp3) is 0.333. The van der Waals surface area contributed by atoms with Gasteiger partial charge in [-0.25, -0.2) is 0 Å². The molecule has 1 saturated heterocycles. The van der Waals surface area contributed by atoms with Gasteiger partial charge in [-0.2, -0.15) is 0 Å². The van der Waals surface area contributed by atoms with Gasteiger partial charge in [0, 0.05) is 23.1 Å². The van der Waals surface area contributed by atoms with Crippen molar-refractivity contribution in [1.82, 2.24) is 9.80 Å². The van der Waals surface area contributed by atoms with Crippen LogP contribution in [-0.4, -0.2) is 59.4 Å². The zero-order valence-electron chi connectivity index (χ0n) is 19.9. The monoisotopic (exact) mass is 526 g/mol. The van der Waals surface area contributed by atoms with E-state index in [9.17, 15) is 14.7 Å². The van der Waals surface area contributed by atoms with Gasteiger partial charge in [-0.3, -0.25) is 9.59 Å². The van der Waals surface area contributed by atoms with Crippen molar-refractivity contribution in [3.05, 3.63) is 81.9 Å². The quantitative estimate of drug-likeness (QED) is 0.202. The Labute approximate surface area is 209 Å². The Morgan fingerprint density at radius 3 is 2.44 bits per heavy atom. The number of Topliss-reactive ketones (excluding diaryl/α,β-unsaturated/α-hetero) is 1. The fourth-order valence-corrected chi connectivity index (χ4v) is 4.42. The third kappa shape index (κ3) is 5.42. The van der Waals surface area contributed by atoms with E-state index in [1.54, 1.807) is 29.2 Å². The van der Waals surface area contributed by atoms with Crippen LogP contribution in [-0.2, 0) is 9.59 Å². The molecule has 0 bridgehead atoms. The van der Waals surface area contributed by atoms with Crippen LogP contribution in [0.1, 0.15) is 36.6 Å². The number of likely N-dealkylation sites (N-methyl/N-ethyl adjacent to an activating group) is 1. The minimum Gasteiger partial charge on any atom is -0.507 e. The molecule has 0 aromatic heterocycles. The maximum absolute atomic E-state index is 13.2. The molecule has 1 fully saturated rings. The summed E-state index contributed by atoms with van der Waals surface area (Å²) in [6.07, 6.45) is 1.66. The molecule has 1 atom stereocenters. The van der Waals surface area contributed by atoms with Crippen molar-refractivity contribution in [1.29, 1.82) is 0 Å². The summed E-state index contributed by atoms with van der Waals surface area (Å²) in [4.78, 5) is 30.1. The summed E-state index contributed by atoms with van der Waals surface area (Å²) < 4.78 is 6.52. The summed E-state index contributed by atoms with van der Waals surface area (Å²) in [6, 6.07) is 12.0. The van der Waals surface area contributed by atoms with Crippen LogP contribution >= 0.6 is 15.9 Å². The zero-order chi connectivity index (χ0) is 24.8. The molecule has 1 amide bonds. The molecule has 7 heteroatoms. The molecule has 1 aliphatic rings. The number of amides is 1. The lowest BCUT2D eigenvalue weighted by Gasteiger charge is -2.28. The molecule has 0 unspecified atom stereocenters. The van der Waals surface area contributed by atoms with Gasteiger partial charge in [0.2, 0.25) is 0 Å². The molecule has 34 heavy (non-hydrogen) atoms. The number of ether oxygens (including phenoxy) is 1. The van der Waals surface area contributed by atoms with E-state index < -0.39 is 17.7 Å². The average molecular weight is 527 g/mol. The third-order valence-corrected chi connectivity index (χ3v) is 6.61. The molecule has 180 valence electrons. The van der Waals surface area contributed by atoms with Gasteiger partial charge < -0.3 is 19.6 Å². The number of benzene rings is 2. The summed E-state index contributed by atoms with van der Waals surface area (Å²) >= 11 is 3.44. The van der Waals surface area contributed by atoms with Crippen molar-refractivity contribution >= 4 is 33.4 Å². The second-order valence-electron chi connectivity index (χ2n) is 8.15. The molecule has 0 saturated carbocycles. The van der Waals surface area contributed by atoms with Crippen LogP contribution in [0.25, 0.3) is 5.76 Å². The van der Waals surface area contributed by atoms with Crippen LogP contribution in [0.3, 0.4) is 0 Å². The van der Waals surface area contributed by atoms with Crippen LogP contribution in [0.5, 0.6) is 5.75 Å². The van der Waals surface area contributed by atoms with Crippen molar-refractivity contribution in [3.63, 3.8) is 0 Å². The van der Waals surface area contributed by atoms with Crippen molar-refractivity contribution in [3.8, 4) is 5.75 Å². The Morgan fingerprint density at radius 1 is 1.18 bits per heavy atom. The second-order valence-corrected chi connectivity index (χ2v) is 9.07. The van der Waals surface area contributed by atoms with Crippen molar-refractivity contribution in [2.75, 3.05) is 32.8 Å². The van der Waals surface area contributed by atoms with Gasteiger partial charge in [0.15, 0.2) is 0 Å². The number of hydrogen-bond donors (Lipinski definition) is 1. The zero-order valence-corrected chi connectivity index (χ0v) is 21.5. The van der Waals surface area contributed by atoms with Gasteiger partial charge in [0.25, 0.3) is 11.7 Å². The molecule has 1 heterocycles. The highest BCUT2D eigenvalue weighted by Gasteiger charge is 2.46. The van der Waals surface area contributed by atoms with Crippen molar-refractivity contribution < 1.29 is 19.4 Å². The Balaban J connectivity index is 2.07. The number of aliphatic hydroxyl groups is 1. The third-order valence-electron chi connectivity index (χ3n) is 6.08. The summed E-state index contributed by atoms with van der Waals surface area (Å²) in [5.41, 5.74) is 2.14. The van der Waals surface area contributed by atoms with Gasteiger partial charge in [0.1, 0.15) is 18.1 Å². The van der Waals surface area contributed by atoms with Crippen LogP contribution in [0.15, 0.2) is 65.2 Å². The number of hydrogen-bond acceptors (Lipinski definition) is 5. The fourth-order valence-electron chi connectivity index (χ4n) is 4.15. The lowest BCUT2D eigenvalue weighted by atomic mass is 9.95. The molecule has 2 aromatic rings. The SMILES string of the molecule is C=CCOc1ccc(C(O)=C2C(=O)C(=O)N(CCN(CC)CC)[C@@H]2c2ccc(Br)cc2)cc1C. The van der Waals surface area contributed by atoms with Crippen LogP contribution < -0.4 is 4.74 Å². The predicted octanol–water partition coefficient (Wildman–Crippen LogP) is 5.09. The molecule has 0 radical (unpaired) electrons. The number of likely N-dealkylation sites (tertiary alicyclic amines) is 1. The Morgan fingerprint density at radius 2 is 1.85 bits per heavy atom. The highest BCUT2D eigenvalue weighted by atomic mass is 79.9. The van der Waals surface area contributed by atoms with Crippen LogP contribution in [0.4, 0.5) is 0 Å². The first-order chi connectivity index (χ1) is 16.3. The highest BCUT2D eigenvalue weighted by molar-refractivity contribution is 9.10. The number of carbonyl (C=O) groups excluding carboxylic acids is 2. The molecule has 0 aliphatic carbocycles. The molecular weight excluding hydrogens is 496 g/mol. The molecule has 1 N–H and O–H groups in total. The lowest BCUT2D eigenvalue weighted by molar-refractivity contribution is -0.140. The van der Waals surface area contributed by atoms with E-state index in [2.05, 4.69) is 41.3 Å². The largest absolute Gasteiger partial charge is 0.507 e. The van der Waals surface area contributed by atoms with Crippen LogP contribution in [0, 0.1) is 6.92 Å². The Hall–Kier alpha value is -2.90. The summed E-state index contributed by atoms with van der Waals surface area (Å²) in [6.45, 7) is 12.7.